The summed E-state index contributed by atoms with van der Waals surface area (Å²) in [6, 6.07) is 15.7. The fourth-order valence-electron chi connectivity index (χ4n) is 3.49. The average Bonchev–Trinajstić information content (AvgIpc) is 3.08. The molecule has 2 aromatic carbocycles. The van der Waals surface area contributed by atoms with Gasteiger partial charge in [-0.3, -0.25) is 0 Å². The zero-order valence-electron chi connectivity index (χ0n) is 17.4. The maximum absolute atomic E-state index is 13.2. The van der Waals surface area contributed by atoms with Crippen molar-refractivity contribution in [3.63, 3.8) is 0 Å². The third-order valence-electron chi connectivity index (χ3n) is 4.78. The van der Waals surface area contributed by atoms with Crippen LogP contribution >= 0.6 is 0 Å². The maximum atomic E-state index is 13.2. The molecule has 0 unspecified atom stereocenters. The highest BCUT2D eigenvalue weighted by atomic mass is 32.2. The number of fused-ring (bicyclic) bond motifs is 1. The van der Waals surface area contributed by atoms with E-state index in [0.29, 0.717) is 23.5 Å². The molecule has 0 aliphatic rings. The van der Waals surface area contributed by atoms with Crippen molar-refractivity contribution in [2.24, 2.45) is 4.99 Å². The molecule has 1 heterocycles. The van der Waals surface area contributed by atoms with Gasteiger partial charge in [0.2, 0.25) is 0 Å². The molecule has 3 rings (SSSR count). The summed E-state index contributed by atoms with van der Waals surface area (Å²) in [5.41, 5.74) is 1.96. The molecule has 3 aromatic rings. The van der Waals surface area contributed by atoms with Crippen LogP contribution in [0, 0.1) is 0 Å². The zero-order valence-corrected chi connectivity index (χ0v) is 18.2. The molecule has 0 bridgehead atoms. The molecule has 0 spiro atoms. The second-order valence-corrected chi connectivity index (χ2v) is 9.26. The third kappa shape index (κ3) is 4.63. The first kappa shape index (κ1) is 21.8. The van der Waals surface area contributed by atoms with E-state index in [4.69, 9.17) is 0 Å². The molecular weight excluding hydrogens is 398 g/mol. The predicted molar refractivity (Wildman–Crippen MR) is 121 cm³/mol. The fourth-order valence-corrected chi connectivity index (χ4v) is 4.88. The molecule has 30 heavy (non-hydrogen) atoms. The van der Waals surface area contributed by atoms with Gasteiger partial charge in [-0.25, -0.2) is 17.4 Å². The lowest BCUT2D eigenvalue weighted by molar-refractivity contribution is 0.172. The van der Waals surface area contributed by atoms with Crippen LogP contribution in [0.5, 0.6) is 0 Å². The average molecular weight is 426 g/mol. The van der Waals surface area contributed by atoms with Gasteiger partial charge in [-0.2, -0.15) is 0 Å². The number of aliphatic hydroxyl groups is 1. The lowest BCUT2D eigenvalue weighted by atomic mass is 10.1. The Balaban J connectivity index is 2.01. The molecule has 158 valence electrons. The monoisotopic (exact) mass is 425 g/mol. The van der Waals surface area contributed by atoms with Crippen LogP contribution in [-0.4, -0.2) is 35.4 Å². The van der Waals surface area contributed by atoms with Crippen LogP contribution in [0.3, 0.4) is 0 Å². The summed E-state index contributed by atoms with van der Waals surface area (Å²) >= 11 is 0. The van der Waals surface area contributed by atoms with E-state index in [9.17, 15) is 13.5 Å². The second-order valence-electron chi connectivity index (χ2n) is 7.45. The van der Waals surface area contributed by atoms with Gasteiger partial charge >= 0.3 is 0 Å². The number of aliphatic hydroxyl groups excluding tert-OH is 1. The number of rotatable bonds is 8. The quantitative estimate of drug-likeness (QED) is 0.536. The number of nitrogens with zero attached hydrogens (tertiary/aromatic N) is 2. The van der Waals surface area contributed by atoms with Gasteiger partial charge in [-0.1, -0.05) is 43.0 Å². The van der Waals surface area contributed by atoms with Crippen LogP contribution in [0.1, 0.15) is 32.8 Å². The van der Waals surface area contributed by atoms with E-state index in [2.05, 4.69) is 16.9 Å². The minimum atomic E-state index is -3.74. The molecule has 0 saturated carbocycles. The van der Waals surface area contributed by atoms with Crippen molar-refractivity contribution in [3.8, 4) is 0 Å². The van der Waals surface area contributed by atoms with Crippen LogP contribution < -0.4 is 5.32 Å². The van der Waals surface area contributed by atoms with E-state index in [-0.39, 0.29) is 10.9 Å². The summed E-state index contributed by atoms with van der Waals surface area (Å²) in [5.74, 6) is 0.461. The standard InChI is InChI=1S/C23H27N3O3S/c1-16(14-17(2)27)24-19(4)25-18(3)22-15-26(23-13-9-8-12-21(22)23)30(28,29)20-10-6-5-7-11-20/h5-13,15-17,24,27H,4,14H2,1-3H3/t16-,17-/m1/s1. The predicted octanol–water partition coefficient (Wildman–Crippen LogP) is 3.91. The van der Waals surface area contributed by atoms with Gasteiger partial charge in [0.15, 0.2) is 0 Å². The molecule has 0 amide bonds. The first-order chi connectivity index (χ1) is 14.2. The first-order valence-electron chi connectivity index (χ1n) is 9.80. The lowest BCUT2D eigenvalue weighted by Gasteiger charge is -2.16. The van der Waals surface area contributed by atoms with E-state index in [1.807, 2.05) is 32.0 Å². The molecule has 1 aromatic heterocycles. The highest BCUT2D eigenvalue weighted by Crippen LogP contribution is 2.26. The summed E-state index contributed by atoms with van der Waals surface area (Å²) in [7, 11) is -3.74. The minimum absolute atomic E-state index is 0.00820. The zero-order chi connectivity index (χ0) is 21.9. The molecular formula is C23H27N3O3S. The molecule has 0 radical (unpaired) electrons. The van der Waals surface area contributed by atoms with Gasteiger partial charge in [0.25, 0.3) is 10.0 Å². The molecule has 0 fully saturated rings. The Kier molecular flexibility index (Phi) is 6.43. The fraction of sp³-hybridized carbons (Fsp3) is 0.261. The summed E-state index contributed by atoms with van der Waals surface area (Å²) in [5, 5.41) is 13.5. The van der Waals surface area contributed by atoms with Crippen LogP contribution in [-0.2, 0) is 10.0 Å². The Morgan fingerprint density at radius 3 is 2.43 bits per heavy atom. The summed E-state index contributed by atoms with van der Waals surface area (Å²) in [6.45, 7) is 9.45. The number of benzene rings is 2. The van der Waals surface area contributed by atoms with Gasteiger partial charge < -0.3 is 10.4 Å². The number of aromatic nitrogens is 1. The van der Waals surface area contributed by atoms with Crippen molar-refractivity contribution in [1.29, 1.82) is 0 Å². The number of hydrogen-bond donors (Lipinski definition) is 2. The molecule has 0 saturated heterocycles. The minimum Gasteiger partial charge on any atom is -0.393 e. The molecule has 2 atom stereocenters. The van der Waals surface area contributed by atoms with Crippen molar-refractivity contribution in [3.05, 3.63) is 78.8 Å². The lowest BCUT2D eigenvalue weighted by Crippen LogP contribution is -2.28. The maximum Gasteiger partial charge on any atom is 0.268 e. The highest BCUT2D eigenvalue weighted by Gasteiger charge is 2.21. The highest BCUT2D eigenvalue weighted by molar-refractivity contribution is 7.90. The van der Waals surface area contributed by atoms with Crippen molar-refractivity contribution in [2.45, 2.75) is 44.2 Å². The topological polar surface area (TPSA) is 83.7 Å². The van der Waals surface area contributed by atoms with Crippen LogP contribution in [0.25, 0.3) is 10.9 Å². The SMILES string of the molecule is C=C(N=C(C)c1cn(S(=O)(=O)c2ccccc2)c2ccccc12)N[C@H](C)C[C@@H](C)O. The van der Waals surface area contributed by atoms with E-state index in [0.717, 1.165) is 10.9 Å². The Labute approximate surface area is 177 Å². The Hall–Kier alpha value is -2.90. The van der Waals surface area contributed by atoms with Gasteiger partial charge in [0.05, 0.1) is 16.5 Å². The Morgan fingerprint density at radius 2 is 1.77 bits per heavy atom. The second kappa shape index (κ2) is 8.85. The Bertz CT molecular complexity index is 1180. The van der Waals surface area contributed by atoms with Crippen LogP contribution in [0.2, 0.25) is 0 Å². The van der Waals surface area contributed by atoms with Gasteiger partial charge in [0.1, 0.15) is 5.82 Å². The van der Waals surface area contributed by atoms with Crippen molar-refractivity contribution < 1.29 is 13.5 Å². The van der Waals surface area contributed by atoms with Gasteiger partial charge in [-0.15, -0.1) is 0 Å². The molecule has 0 aliphatic heterocycles. The molecule has 7 heteroatoms. The Morgan fingerprint density at radius 1 is 1.13 bits per heavy atom. The summed E-state index contributed by atoms with van der Waals surface area (Å²) < 4.78 is 27.8. The molecule has 0 aliphatic carbocycles. The van der Waals surface area contributed by atoms with E-state index < -0.39 is 16.1 Å². The first-order valence-corrected chi connectivity index (χ1v) is 11.2. The van der Waals surface area contributed by atoms with E-state index in [1.165, 1.54) is 3.97 Å². The van der Waals surface area contributed by atoms with E-state index in [1.54, 1.807) is 49.5 Å². The number of para-hydroxylation sites is 1. The molecule has 6 nitrogen and oxygen atoms in total. The largest absolute Gasteiger partial charge is 0.393 e. The third-order valence-corrected chi connectivity index (χ3v) is 6.47. The smallest absolute Gasteiger partial charge is 0.268 e. The summed E-state index contributed by atoms with van der Waals surface area (Å²) in [4.78, 5) is 4.76. The van der Waals surface area contributed by atoms with Crippen LogP contribution in [0.15, 0.2) is 83.1 Å². The van der Waals surface area contributed by atoms with Crippen molar-refractivity contribution in [2.75, 3.05) is 0 Å². The number of aliphatic imine (C=N–C) groups is 1. The summed E-state index contributed by atoms with van der Waals surface area (Å²) in [6.07, 6.45) is 1.76. The van der Waals surface area contributed by atoms with Crippen molar-refractivity contribution >= 4 is 26.6 Å². The van der Waals surface area contributed by atoms with Gasteiger partial charge in [-0.05, 0) is 45.4 Å². The normalized spacial score (nSPS) is 14.5. The number of hydrogen-bond acceptors (Lipinski definition) is 5. The number of nitrogens with one attached hydrogen (secondary N) is 1. The van der Waals surface area contributed by atoms with Crippen molar-refractivity contribution in [1.82, 2.24) is 9.29 Å². The van der Waals surface area contributed by atoms with Crippen LogP contribution in [0.4, 0.5) is 0 Å². The van der Waals surface area contributed by atoms with Gasteiger partial charge in [0, 0.05) is 28.9 Å². The molecule has 2 N–H and O–H groups in total. The van der Waals surface area contributed by atoms with E-state index >= 15 is 0 Å².